The van der Waals surface area contributed by atoms with Crippen molar-refractivity contribution in [2.45, 2.75) is 39.4 Å². The minimum atomic E-state index is -1.44. The molecule has 3 heteroatoms. The Morgan fingerprint density at radius 3 is 2.35 bits per heavy atom. The Kier molecular flexibility index (Phi) is 4.07. The normalized spacial score (nSPS) is 12.1. The summed E-state index contributed by atoms with van der Waals surface area (Å²) in [4.78, 5) is 9.05. The molecule has 0 spiro atoms. The van der Waals surface area contributed by atoms with Gasteiger partial charge in [0.25, 0.3) is 0 Å². The van der Waals surface area contributed by atoms with E-state index in [0.29, 0.717) is 5.92 Å². The average molecular weight is 321 g/mol. The third-order valence-electron chi connectivity index (χ3n) is 4.25. The summed E-state index contributed by atoms with van der Waals surface area (Å²) >= 11 is 0. The van der Waals surface area contributed by atoms with Crippen molar-refractivity contribution in [2.75, 3.05) is 0 Å². The number of aromatic nitrogens is 2. The van der Waals surface area contributed by atoms with Gasteiger partial charge >= 0.3 is 0 Å². The standard InChI is InChI=1S/C20H24N2Si/c1-14(2)18-11-16(10-15-8-6-7-9-17(15)18)19-12-20(22-13-21-19)23(3,4)5/h6-14H,1-5H3. The van der Waals surface area contributed by atoms with E-state index in [1.165, 1.54) is 27.2 Å². The van der Waals surface area contributed by atoms with E-state index in [-0.39, 0.29) is 0 Å². The Morgan fingerprint density at radius 1 is 0.913 bits per heavy atom. The lowest BCUT2D eigenvalue weighted by Crippen LogP contribution is -2.40. The summed E-state index contributed by atoms with van der Waals surface area (Å²) in [6.45, 7) is 11.5. The first-order valence-electron chi connectivity index (χ1n) is 8.22. The Balaban J connectivity index is 2.21. The fraction of sp³-hybridized carbons (Fsp3) is 0.300. The number of hydrogen-bond donors (Lipinski definition) is 0. The van der Waals surface area contributed by atoms with Gasteiger partial charge in [0.1, 0.15) is 14.4 Å². The third-order valence-corrected chi connectivity index (χ3v) is 6.06. The molecule has 0 N–H and O–H groups in total. The Labute approximate surface area is 139 Å². The molecule has 0 atom stereocenters. The second-order valence-corrected chi connectivity index (χ2v) is 12.5. The van der Waals surface area contributed by atoms with Crippen LogP contribution in [0.25, 0.3) is 22.0 Å². The molecule has 1 heterocycles. The minimum Gasteiger partial charge on any atom is -0.246 e. The van der Waals surface area contributed by atoms with Crippen molar-refractivity contribution in [2.24, 2.45) is 0 Å². The van der Waals surface area contributed by atoms with Gasteiger partial charge in [-0.1, -0.05) is 57.8 Å². The van der Waals surface area contributed by atoms with Crippen LogP contribution in [-0.2, 0) is 0 Å². The maximum atomic E-state index is 4.54. The van der Waals surface area contributed by atoms with E-state index in [1.807, 2.05) is 0 Å². The summed E-state index contributed by atoms with van der Waals surface area (Å²) in [7, 11) is -1.44. The molecule has 3 aromatic rings. The molecule has 23 heavy (non-hydrogen) atoms. The van der Waals surface area contributed by atoms with Crippen molar-refractivity contribution in [1.29, 1.82) is 0 Å². The van der Waals surface area contributed by atoms with Crippen LogP contribution in [0.15, 0.2) is 48.8 Å². The molecule has 0 radical (unpaired) electrons. The third kappa shape index (κ3) is 3.20. The van der Waals surface area contributed by atoms with Gasteiger partial charge in [0.2, 0.25) is 0 Å². The van der Waals surface area contributed by atoms with Crippen LogP contribution in [0, 0.1) is 0 Å². The number of fused-ring (bicyclic) bond motifs is 1. The predicted octanol–water partition coefficient (Wildman–Crippen LogP) is 4.97. The number of benzene rings is 2. The van der Waals surface area contributed by atoms with Crippen LogP contribution < -0.4 is 5.32 Å². The van der Waals surface area contributed by atoms with E-state index in [4.69, 9.17) is 0 Å². The van der Waals surface area contributed by atoms with Crippen LogP contribution in [0.1, 0.15) is 25.3 Å². The van der Waals surface area contributed by atoms with Crippen molar-refractivity contribution in [3.05, 3.63) is 54.4 Å². The highest BCUT2D eigenvalue weighted by Gasteiger charge is 2.19. The molecular weight excluding hydrogens is 296 g/mol. The number of rotatable bonds is 3. The molecule has 0 bridgehead atoms. The smallest absolute Gasteiger partial charge is 0.115 e. The molecule has 0 fully saturated rings. The molecule has 2 aromatic carbocycles. The Morgan fingerprint density at radius 2 is 1.65 bits per heavy atom. The Hall–Kier alpha value is -2.00. The summed E-state index contributed by atoms with van der Waals surface area (Å²) < 4.78 is 0. The molecular formula is C20H24N2Si. The molecule has 0 aliphatic heterocycles. The predicted molar refractivity (Wildman–Crippen MR) is 102 cm³/mol. The van der Waals surface area contributed by atoms with E-state index in [0.717, 1.165) is 5.69 Å². The van der Waals surface area contributed by atoms with Crippen LogP contribution in [0.2, 0.25) is 19.6 Å². The summed E-state index contributed by atoms with van der Waals surface area (Å²) in [5.41, 5.74) is 3.60. The van der Waals surface area contributed by atoms with E-state index >= 15 is 0 Å². The van der Waals surface area contributed by atoms with Gasteiger partial charge in [-0.3, -0.25) is 0 Å². The quantitative estimate of drug-likeness (QED) is 0.637. The zero-order chi connectivity index (χ0) is 16.6. The van der Waals surface area contributed by atoms with Gasteiger partial charge < -0.3 is 0 Å². The highest BCUT2D eigenvalue weighted by Crippen LogP contribution is 2.30. The molecule has 0 aliphatic rings. The van der Waals surface area contributed by atoms with Crippen LogP contribution in [0.3, 0.4) is 0 Å². The fourth-order valence-electron chi connectivity index (χ4n) is 2.89. The number of nitrogens with zero attached hydrogens (tertiary/aromatic N) is 2. The first-order chi connectivity index (χ1) is 10.9. The lowest BCUT2D eigenvalue weighted by molar-refractivity contribution is 0.876. The Bertz CT molecular complexity index is 848. The molecule has 0 saturated carbocycles. The molecule has 3 rings (SSSR count). The topological polar surface area (TPSA) is 25.8 Å². The highest BCUT2D eigenvalue weighted by atomic mass is 28.3. The zero-order valence-electron chi connectivity index (χ0n) is 14.6. The lowest BCUT2D eigenvalue weighted by Gasteiger charge is -2.17. The molecule has 2 nitrogen and oxygen atoms in total. The molecule has 0 aliphatic carbocycles. The van der Waals surface area contributed by atoms with Gasteiger partial charge in [0.05, 0.1) is 5.69 Å². The van der Waals surface area contributed by atoms with Gasteiger partial charge in [0.15, 0.2) is 0 Å². The molecule has 1 aromatic heterocycles. The number of hydrogen-bond acceptors (Lipinski definition) is 2. The van der Waals surface area contributed by atoms with Crippen LogP contribution in [0.5, 0.6) is 0 Å². The van der Waals surface area contributed by atoms with Crippen LogP contribution in [-0.4, -0.2) is 18.0 Å². The maximum Gasteiger partial charge on any atom is 0.115 e. The first kappa shape index (κ1) is 15.9. The molecule has 0 saturated heterocycles. The van der Waals surface area contributed by atoms with E-state index in [1.54, 1.807) is 6.33 Å². The van der Waals surface area contributed by atoms with Gasteiger partial charge in [-0.15, -0.1) is 0 Å². The van der Waals surface area contributed by atoms with Crippen LogP contribution >= 0.6 is 0 Å². The van der Waals surface area contributed by atoms with E-state index in [2.05, 4.69) is 85.9 Å². The fourth-order valence-corrected chi connectivity index (χ4v) is 3.91. The van der Waals surface area contributed by atoms with Gasteiger partial charge in [0, 0.05) is 10.9 Å². The monoisotopic (exact) mass is 320 g/mol. The average Bonchev–Trinajstić information content (AvgIpc) is 2.53. The second kappa shape index (κ2) is 5.89. The summed E-state index contributed by atoms with van der Waals surface area (Å²) in [5.74, 6) is 0.484. The highest BCUT2D eigenvalue weighted by molar-refractivity contribution is 6.88. The van der Waals surface area contributed by atoms with Crippen molar-refractivity contribution >= 4 is 24.2 Å². The molecule has 118 valence electrons. The van der Waals surface area contributed by atoms with Crippen LogP contribution in [0.4, 0.5) is 0 Å². The summed E-state index contributed by atoms with van der Waals surface area (Å²) in [6, 6.07) is 15.3. The zero-order valence-corrected chi connectivity index (χ0v) is 15.6. The van der Waals surface area contributed by atoms with Gasteiger partial charge in [-0.05, 0) is 40.5 Å². The van der Waals surface area contributed by atoms with E-state index < -0.39 is 8.07 Å². The molecule has 0 amide bonds. The lowest BCUT2D eigenvalue weighted by atomic mass is 9.93. The first-order valence-corrected chi connectivity index (χ1v) is 11.7. The van der Waals surface area contributed by atoms with Gasteiger partial charge in [-0.2, -0.15) is 0 Å². The largest absolute Gasteiger partial charge is 0.246 e. The van der Waals surface area contributed by atoms with Crippen molar-refractivity contribution in [3.63, 3.8) is 0 Å². The van der Waals surface area contributed by atoms with Crippen molar-refractivity contribution in [1.82, 2.24) is 9.97 Å². The SMILES string of the molecule is CC(C)c1cc(-c2cc([Si](C)(C)C)ncn2)cc2ccccc12. The minimum absolute atomic E-state index is 0.484. The van der Waals surface area contributed by atoms with E-state index in [9.17, 15) is 0 Å². The van der Waals surface area contributed by atoms with Gasteiger partial charge in [-0.25, -0.2) is 9.97 Å². The second-order valence-electron chi connectivity index (χ2n) is 7.48. The molecule has 0 unspecified atom stereocenters. The van der Waals surface area contributed by atoms with Crippen molar-refractivity contribution in [3.8, 4) is 11.3 Å². The van der Waals surface area contributed by atoms with Crippen molar-refractivity contribution < 1.29 is 0 Å². The summed E-state index contributed by atoms with van der Waals surface area (Å²) in [5, 5.41) is 3.83. The summed E-state index contributed by atoms with van der Waals surface area (Å²) in [6.07, 6.45) is 1.72. The maximum absolute atomic E-state index is 4.54.